The maximum Gasteiger partial charge on any atom is 0.269 e. The van der Waals surface area contributed by atoms with E-state index >= 15 is 0 Å². The molecule has 0 radical (unpaired) electrons. The Morgan fingerprint density at radius 2 is 1.89 bits per heavy atom. The summed E-state index contributed by atoms with van der Waals surface area (Å²) in [7, 11) is 0. The van der Waals surface area contributed by atoms with Gasteiger partial charge in [-0.2, -0.15) is 5.26 Å². The lowest BCUT2D eigenvalue weighted by molar-refractivity contribution is -0.384. The third-order valence-electron chi connectivity index (χ3n) is 4.30. The first kappa shape index (κ1) is 18.8. The first-order chi connectivity index (χ1) is 13.6. The number of carbonyl (C=O) groups excluding carboxylic acids is 1. The SMILES string of the molecule is N#C/C(=C/N1CCN(c2ccccn2)CC1)C(=O)Nc1ccc([N+](=O)[O-])cc1. The second-order valence-corrected chi connectivity index (χ2v) is 6.12. The number of hydrogen-bond acceptors (Lipinski definition) is 7. The number of carbonyl (C=O) groups is 1. The highest BCUT2D eigenvalue weighted by molar-refractivity contribution is 6.06. The zero-order chi connectivity index (χ0) is 19.9. The van der Waals surface area contributed by atoms with E-state index in [4.69, 9.17) is 0 Å². The number of nitriles is 1. The zero-order valence-electron chi connectivity index (χ0n) is 15.0. The molecule has 9 heteroatoms. The third kappa shape index (κ3) is 4.62. The normalized spacial score (nSPS) is 14.3. The lowest BCUT2D eigenvalue weighted by Gasteiger charge is -2.34. The first-order valence-corrected chi connectivity index (χ1v) is 8.64. The highest BCUT2D eigenvalue weighted by Gasteiger charge is 2.18. The number of non-ortho nitro benzene ring substituents is 1. The second kappa shape index (κ2) is 8.64. The molecule has 0 aliphatic carbocycles. The fraction of sp³-hybridized carbons (Fsp3) is 0.211. The van der Waals surface area contributed by atoms with Gasteiger partial charge >= 0.3 is 0 Å². The number of hydrogen-bond donors (Lipinski definition) is 1. The van der Waals surface area contributed by atoms with Gasteiger partial charge in [0.15, 0.2) is 0 Å². The van der Waals surface area contributed by atoms with Crippen LogP contribution in [0.15, 0.2) is 60.4 Å². The molecule has 1 aliphatic rings. The topological polar surface area (TPSA) is 115 Å². The number of nitrogens with zero attached hydrogens (tertiary/aromatic N) is 5. The number of nitrogens with one attached hydrogen (secondary N) is 1. The number of nitro benzene ring substituents is 1. The summed E-state index contributed by atoms with van der Waals surface area (Å²) in [4.78, 5) is 30.9. The van der Waals surface area contributed by atoms with E-state index < -0.39 is 10.8 Å². The largest absolute Gasteiger partial charge is 0.373 e. The molecule has 0 unspecified atom stereocenters. The van der Waals surface area contributed by atoms with E-state index in [2.05, 4.69) is 15.2 Å². The average Bonchev–Trinajstić information content (AvgIpc) is 2.73. The van der Waals surface area contributed by atoms with Crippen LogP contribution in [-0.2, 0) is 4.79 Å². The second-order valence-electron chi connectivity index (χ2n) is 6.12. The monoisotopic (exact) mass is 378 g/mol. The fourth-order valence-electron chi connectivity index (χ4n) is 2.81. The van der Waals surface area contributed by atoms with Crippen LogP contribution in [0.2, 0.25) is 0 Å². The van der Waals surface area contributed by atoms with E-state index in [9.17, 15) is 20.2 Å². The molecule has 28 heavy (non-hydrogen) atoms. The maximum atomic E-state index is 12.3. The number of aromatic nitrogens is 1. The Morgan fingerprint density at radius 1 is 1.18 bits per heavy atom. The van der Waals surface area contributed by atoms with E-state index in [0.717, 1.165) is 18.9 Å². The summed E-state index contributed by atoms with van der Waals surface area (Å²) in [5.41, 5.74) is 0.293. The molecule has 0 saturated carbocycles. The van der Waals surface area contributed by atoms with Crippen molar-refractivity contribution < 1.29 is 9.72 Å². The molecule has 0 atom stereocenters. The quantitative estimate of drug-likeness (QED) is 0.367. The van der Waals surface area contributed by atoms with Gasteiger partial charge in [0.05, 0.1) is 4.92 Å². The van der Waals surface area contributed by atoms with Crippen molar-refractivity contribution >= 4 is 23.1 Å². The van der Waals surface area contributed by atoms with Gasteiger partial charge in [-0.1, -0.05) is 6.07 Å². The lowest BCUT2D eigenvalue weighted by Crippen LogP contribution is -2.44. The van der Waals surface area contributed by atoms with Crippen molar-refractivity contribution in [2.45, 2.75) is 0 Å². The van der Waals surface area contributed by atoms with Gasteiger partial charge in [0.1, 0.15) is 17.5 Å². The van der Waals surface area contributed by atoms with Gasteiger partial charge in [-0.15, -0.1) is 0 Å². The molecule has 2 heterocycles. The number of pyridine rings is 1. The minimum atomic E-state index is -0.552. The molecule has 0 spiro atoms. The van der Waals surface area contributed by atoms with Gasteiger partial charge in [-0.05, 0) is 24.3 Å². The molecule has 1 aromatic carbocycles. The molecule has 142 valence electrons. The standard InChI is InChI=1S/C19H18N6O3/c20-13-15(19(26)22-16-4-6-17(7-5-16)25(27)28)14-23-9-11-24(12-10-23)18-3-1-2-8-21-18/h1-8,14H,9-12H2,(H,22,26)/b15-14-. The van der Waals surface area contributed by atoms with E-state index in [-0.39, 0.29) is 11.3 Å². The van der Waals surface area contributed by atoms with Crippen LogP contribution >= 0.6 is 0 Å². The van der Waals surface area contributed by atoms with E-state index in [1.807, 2.05) is 29.2 Å². The van der Waals surface area contributed by atoms with Crippen molar-refractivity contribution in [2.75, 3.05) is 36.4 Å². The molecule has 0 bridgehead atoms. The molecule has 1 amide bonds. The predicted molar refractivity (Wildman–Crippen MR) is 103 cm³/mol. The molecular formula is C19H18N6O3. The number of piperazine rings is 1. The van der Waals surface area contributed by atoms with Gasteiger partial charge in [0.25, 0.3) is 11.6 Å². The van der Waals surface area contributed by atoms with E-state index in [0.29, 0.717) is 18.8 Å². The summed E-state index contributed by atoms with van der Waals surface area (Å²) >= 11 is 0. The smallest absolute Gasteiger partial charge is 0.269 e. The summed E-state index contributed by atoms with van der Waals surface area (Å²) in [5, 5.41) is 22.6. The summed E-state index contributed by atoms with van der Waals surface area (Å²) in [6, 6.07) is 13.1. The molecule has 1 aromatic heterocycles. The summed E-state index contributed by atoms with van der Waals surface area (Å²) in [6.07, 6.45) is 3.30. The molecule has 1 saturated heterocycles. The van der Waals surface area contributed by atoms with Crippen LogP contribution in [0.3, 0.4) is 0 Å². The maximum absolute atomic E-state index is 12.3. The Labute approximate surface area is 161 Å². The first-order valence-electron chi connectivity index (χ1n) is 8.64. The molecule has 3 rings (SSSR count). The summed E-state index contributed by atoms with van der Waals surface area (Å²) in [5.74, 6) is 0.353. The molecule has 9 nitrogen and oxygen atoms in total. The highest BCUT2D eigenvalue weighted by atomic mass is 16.6. The van der Waals surface area contributed by atoms with Crippen LogP contribution in [0.5, 0.6) is 0 Å². The minimum absolute atomic E-state index is 0.0235. The number of anilines is 2. The van der Waals surface area contributed by atoms with Gasteiger partial charge in [0.2, 0.25) is 0 Å². The lowest BCUT2D eigenvalue weighted by atomic mass is 10.2. The van der Waals surface area contributed by atoms with Crippen molar-refractivity contribution in [2.24, 2.45) is 0 Å². The van der Waals surface area contributed by atoms with Crippen molar-refractivity contribution in [1.29, 1.82) is 5.26 Å². The number of amides is 1. The average molecular weight is 378 g/mol. The number of benzene rings is 1. The number of rotatable bonds is 5. The molecule has 2 aromatic rings. The van der Waals surface area contributed by atoms with Gasteiger partial charge in [0, 0.05) is 56.4 Å². The summed E-state index contributed by atoms with van der Waals surface area (Å²) in [6.45, 7) is 2.78. The molecule has 1 N–H and O–H groups in total. The van der Waals surface area contributed by atoms with Crippen molar-refractivity contribution in [3.05, 3.63) is 70.5 Å². The van der Waals surface area contributed by atoms with Crippen LogP contribution in [0.1, 0.15) is 0 Å². The van der Waals surface area contributed by atoms with Crippen LogP contribution in [0, 0.1) is 21.4 Å². The van der Waals surface area contributed by atoms with Gasteiger partial charge in [-0.25, -0.2) is 4.98 Å². The van der Waals surface area contributed by atoms with Crippen LogP contribution in [0.25, 0.3) is 0 Å². The minimum Gasteiger partial charge on any atom is -0.373 e. The van der Waals surface area contributed by atoms with E-state index in [1.165, 1.54) is 24.3 Å². The number of nitro groups is 1. The Balaban J connectivity index is 1.60. The van der Waals surface area contributed by atoms with Crippen molar-refractivity contribution in [3.8, 4) is 6.07 Å². The Morgan fingerprint density at radius 3 is 2.46 bits per heavy atom. The Bertz CT molecular complexity index is 913. The Kier molecular flexibility index (Phi) is 5.81. The van der Waals surface area contributed by atoms with Gasteiger partial charge < -0.3 is 15.1 Å². The molecule has 1 aliphatic heterocycles. The van der Waals surface area contributed by atoms with E-state index in [1.54, 1.807) is 12.4 Å². The van der Waals surface area contributed by atoms with Crippen LogP contribution in [0.4, 0.5) is 17.2 Å². The molecular weight excluding hydrogens is 360 g/mol. The van der Waals surface area contributed by atoms with Crippen LogP contribution in [-0.4, -0.2) is 46.9 Å². The third-order valence-corrected chi connectivity index (χ3v) is 4.30. The summed E-state index contributed by atoms with van der Waals surface area (Å²) < 4.78 is 0. The molecule has 1 fully saturated rings. The van der Waals surface area contributed by atoms with Gasteiger partial charge in [-0.3, -0.25) is 14.9 Å². The zero-order valence-corrected chi connectivity index (χ0v) is 15.0. The van der Waals surface area contributed by atoms with Crippen LogP contribution < -0.4 is 10.2 Å². The van der Waals surface area contributed by atoms with Crippen molar-refractivity contribution in [3.63, 3.8) is 0 Å². The fourth-order valence-corrected chi connectivity index (χ4v) is 2.81. The Hall–Kier alpha value is -3.93. The highest BCUT2D eigenvalue weighted by Crippen LogP contribution is 2.17. The van der Waals surface area contributed by atoms with Crippen molar-refractivity contribution in [1.82, 2.24) is 9.88 Å². The predicted octanol–water partition coefficient (Wildman–Crippen LogP) is 2.16.